The zero-order chi connectivity index (χ0) is 27.6. The largest absolute Gasteiger partial charge is 0.494 e. The number of rotatable bonds is 11. The summed E-state index contributed by atoms with van der Waals surface area (Å²) in [5, 5.41) is 17.5. The lowest BCUT2D eigenvalue weighted by atomic mass is 10.0. The molecular formula is C32H32N4O3. The van der Waals surface area contributed by atoms with Gasteiger partial charge < -0.3 is 14.8 Å². The molecular weight excluding hydrogens is 488 g/mol. The van der Waals surface area contributed by atoms with Crippen LogP contribution in [0.15, 0.2) is 84.6 Å². The van der Waals surface area contributed by atoms with Crippen LogP contribution in [0.4, 0.5) is 5.69 Å². The van der Waals surface area contributed by atoms with Crippen LogP contribution < -0.4 is 14.8 Å². The zero-order valence-corrected chi connectivity index (χ0v) is 22.5. The molecule has 3 aromatic carbocycles. The topological polar surface area (TPSA) is 89.2 Å². The average Bonchev–Trinajstić information content (AvgIpc) is 3.37. The van der Waals surface area contributed by atoms with Crippen molar-refractivity contribution in [2.24, 2.45) is 0 Å². The van der Waals surface area contributed by atoms with Crippen LogP contribution in [0.3, 0.4) is 0 Å². The number of para-hydroxylation sites is 1. The van der Waals surface area contributed by atoms with Crippen molar-refractivity contribution in [3.8, 4) is 34.5 Å². The van der Waals surface area contributed by atoms with Gasteiger partial charge >= 0.3 is 0 Å². The molecule has 0 bridgehead atoms. The maximum Gasteiger partial charge on any atom is 0.266 e. The third-order valence-corrected chi connectivity index (χ3v) is 6.07. The first-order valence-corrected chi connectivity index (χ1v) is 13.1. The van der Waals surface area contributed by atoms with Crippen LogP contribution in [0.25, 0.3) is 23.0 Å². The molecule has 0 saturated heterocycles. The van der Waals surface area contributed by atoms with E-state index in [1.807, 2.05) is 74.6 Å². The Kier molecular flexibility index (Phi) is 9.15. The Hall–Kier alpha value is -4.83. The Balaban J connectivity index is 1.68. The fraction of sp³-hybridized carbons (Fsp3) is 0.219. The van der Waals surface area contributed by atoms with Crippen LogP contribution in [0, 0.1) is 18.3 Å². The molecule has 0 atom stereocenters. The maximum atomic E-state index is 13.0. The minimum absolute atomic E-state index is 0.0325. The molecule has 0 aliphatic rings. The lowest BCUT2D eigenvalue weighted by molar-refractivity contribution is -0.112. The summed E-state index contributed by atoms with van der Waals surface area (Å²) in [6.07, 6.45) is 5.47. The molecule has 1 heterocycles. The number of anilines is 1. The van der Waals surface area contributed by atoms with Crippen LogP contribution >= 0.6 is 0 Å². The highest BCUT2D eigenvalue weighted by Gasteiger charge is 2.17. The van der Waals surface area contributed by atoms with Gasteiger partial charge in [0.25, 0.3) is 5.91 Å². The fourth-order valence-electron chi connectivity index (χ4n) is 4.04. The Bertz CT molecular complexity index is 1480. The number of benzene rings is 3. The minimum atomic E-state index is -0.503. The molecule has 1 aromatic heterocycles. The van der Waals surface area contributed by atoms with Gasteiger partial charge in [0.1, 0.15) is 28.8 Å². The molecule has 0 unspecified atom stereocenters. The van der Waals surface area contributed by atoms with Crippen molar-refractivity contribution in [2.75, 3.05) is 18.5 Å². The van der Waals surface area contributed by atoms with Gasteiger partial charge in [0.15, 0.2) is 0 Å². The number of aromatic nitrogens is 2. The van der Waals surface area contributed by atoms with Crippen molar-refractivity contribution in [2.45, 2.75) is 33.6 Å². The van der Waals surface area contributed by atoms with Gasteiger partial charge in [0, 0.05) is 23.0 Å². The van der Waals surface area contributed by atoms with E-state index < -0.39 is 5.91 Å². The minimum Gasteiger partial charge on any atom is -0.494 e. The van der Waals surface area contributed by atoms with E-state index in [0.29, 0.717) is 35.9 Å². The van der Waals surface area contributed by atoms with Crippen LogP contribution in [-0.2, 0) is 4.79 Å². The van der Waals surface area contributed by atoms with Crippen molar-refractivity contribution >= 4 is 17.7 Å². The second-order valence-corrected chi connectivity index (χ2v) is 8.97. The first-order valence-electron chi connectivity index (χ1n) is 13.1. The highest BCUT2D eigenvalue weighted by atomic mass is 16.5. The van der Waals surface area contributed by atoms with Gasteiger partial charge in [-0.15, -0.1) is 0 Å². The number of hydrogen-bond donors (Lipinski definition) is 1. The zero-order valence-electron chi connectivity index (χ0n) is 22.5. The summed E-state index contributed by atoms with van der Waals surface area (Å²) >= 11 is 0. The van der Waals surface area contributed by atoms with E-state index in [1.54, 1.807) is 35.0 Å². The Morgan fingerprint density at radius 3 is 2.44 bits per heavy atom. The summed E-state index contributed by atoms with van der Waals surface area (Å²) in [4.78, 5) is 13.0. The average molecular weight is 521 g/mol. The number of aryl methyl sites for hydroxylation is 1. The standard InChI is InChI=1S/C32H32N4O3/c1-4-6-18-39-29-16-17-30(23(3)19-29)31-25(22-36(35-31)27-10-8-7-9-11-27)20-24(21-33)32(37)34-26-12-14-28(15-13-26)38-5-2/h7-17,19-20,22H,4-6,18H2,1-3H3,(H,34,37). The van der Waals surface area contributed by atoms with E-state index >= 15 is 0 Å². The van der Waals surface area contributed by atoms with Crippen molar-refractivity contribution in [1.82, 2.24) is 9.78 Å². The van der Waals surface area contributed by atoms with Crippen molar-refractivity contribution in [1.29, 1.82) is 5.26 Å². The van der Waals surface area contributed by atoms with Crippen molar-refractivity contribution in [3.63, 3.8) is 0 Å². The number of carbonyl (C=O) groups excluding carboxylic acids is 1. The molecule has 4 rings (SSSR count). The van der Waals surface area contributed by atoms with Gasteiger partial charge in [-0.3, -0.25) is 4.79 Å². The molecule has 0 fully saturated rings. The van der Waals surface area contributed by atoms with Gasteiger partial charge in [-0.05, 0) is 86.5 Å². The first kappa shape index (κ1) is 27.2. The molecule has 198 valence electrons. The summed E-state index contributed by atoms with van der Waals surface area (Å²) in [5.74, 6) is 1.01. The monoisotopic (exact) mass is 520 g/mol. The number of nitrogens with zero attached hydrogens (tertiary/aromatic N) is 3. The molecule has 0 aliphatic heterocycles. The van der Waals surface area contributed by atoms with Gasteiger partial charge in [-0.2, -0.15) is 10.4 Å². The predicted octanol–water partition coefficient (Wildman–Crippen LogP) is 6.97. The van der Waals surface area contributed by atoms with Crippen LogP contribution in [0.1, 0.15) is 37.8 Å². The van der Waals surface area contributed by atoms with Crippen LogP contribution in [0.5, 0.6) is 11.5 Å². The fourth-order valence-corrected chi connectivity index (χ4v) is 4.04. The van der Waals surface area contributed by atoms with E-state index in [1.165, 1.54) is 0 Å². The molecule has 0 aliphatic carbocycles. The smallest absolute Gasteiger partial charge is 0.266 e. The number of hydrogen-bond acceptors (Lipinski definition) is 5. The number of nitriles is 1. The number of carbonyl (C=O) groups is 1. The number of nitrogens with one attached hydrogen (secondary N) is 1. The first-order chi connectivity index (χ1) is 19.0. The second kappa shape index (κ2) is 13.1. The SMILES string of the molecule is CCCCOc1ccc(-c2nn(-c3ccccc3)cc2C=C(C#N)C(=O)Nc2ccc(OCC)cc2)c(C)c1. The third kappa shape index (κ3) is 6.93. The Morgan fingerprint density at radius 1 is 1.03 bits per heavy atom. The summed E-state index contributed by atoms with van der Waals surface area (Å²) in [7, 11) is 0. The van der Waals surface area contributed by atoms with Crippen molar-refractivity contribution < 1.29 is 14.3 Å². The Morgan fingerprint density at radius 2 is 1.77 bits per heavy atom. The van der Waals surface area contributed by atoms with Gasteiger partial charge in [-0.1, -0.05) is 31.5 Å². The summed E-state index contributed by atoms with van der Waals surface area (Å²) in [5.41, 5.74) is 4.59. The summed E-state index contributed by atoms with van der Waals surface area (Å²) in [6, 6.07) is 24.7. The highest BCUT2D eigenvalue weighted by molar-refractivity contribution is 6.10. The molecule has 4 aromatic rings. The molecule has 0 saturated carbocycles. The lowest BCUT2D eigenvalue weighted by Crippen LogP contribution is -2.13. The van der Waals surface area contributed by atoms with Gasteiger partial charge in [0.05, 0.1) is 18.9 Å². The summed E-state index contributed by atoms with van der Waals surface area (Å²) < 4.78 is 13.1. The number of ether oxygens (including phenoxy) is 2. The number of amides is 1. The van der Waals surface area contributed by atoms with E-state index in [-0.39, 0.29) is 5.57 Å². The molecule has 39 heavy (non-hydrogen) atoms. The van der Waals surface area contributed by atoms with Crippen molar-refractivity contribution in [3.05, 3.63) is 95.7 Å². The molecule has 1 amide bonds. The molecule has 0 radical (unpaired) electrons. The highest BCUT2D eigenvalue weighted by Crippen LogP contribution is 2.31. The van der Waals surface area contributed by atoms with Crippen LogP contribution in [-0.4, -0.2) is 28.9 Å². The van der Waals surface area contributed by atoms with E-state index in [9.17, 15) is 10.1 Å². The molecule has 1 N–H and O–H groups in total. The Labute approximate surface area is 229 Å². The maximum absolute atomic E-state index is 13.0. The van der Waals surface area contributed by atoms with Crippen LogP contribution in [0.2, 0.25) is 0 Å². The molecule has 0 spiro atoms. The van der Waals surface area contributed by atoms with E-state index in [0.717, 1.165) is 35.4 Å². The van der Waals surface area contributed by atoms with Gasteiger partial charge in [-0.25, -0.2) is 4.68 Å². The normalized spacial score (nSPS) is 11.1. The quantitative estimate of drug-likeness (QED) is 0.131. The molecule has 7 heteroatoms. The predicted molar refractivity (Wildman–Crippen MR) is 154 cm³/mol. The number of unbranched alkanes of at least 4 members (excludes halogenated alkanes) is 1. The van der Waals surface area contributed by atoms with Gasteiger partial charge in [0.2, 0.25) is 0 Å². The third-order valence-electron chi connectivity index (χ3n) is 6.07. The second-order valence-electron chi connectivity index (χ2n) is 8.97. The lowest BCUT2D eigenvalue weighted by Gasteiger charge is -2.10. The van der Waals surface area contributed by atoms with E-state index in [4.69, 9.17) is 14.6 Å². The summed E-state index contributed by atoms with van der Waals surface area (Å²) in [6.45, 7) is 7.26. The van der Waals surface area contributed by atoms with E-state index in [2.05, 4.69) is 12.2 Å². The molecule has 7 nitrogen and oxygen atoms in total.